The van der Waals surface area contributed by atoms with Gasteiger partial charge in [0.25, 0.3) is 5.91 Å². The van der Waals surface area contributed by atoms with Gasteiger partial charge in [0.05, 0.1) is 17.7 Å². The molecule has 0 aliphatic rings. The Bertz CT molecular complexity index is 1180. The number of sulfonamides is 1. The lowest BCUT2D eigenvalue weighted by Gasteiger charge is -2.10. The summed E-state index contributed by atoms with van der Waals surface area (Å²) in [6.45, 7) is 3.42. The van der Waals surface area contributed by atoms with Crippen molar-refractivity contribution in [2.24, 2.45) is 0 Å². The van der Waals surface area contributed by atoms with Gasteiger partial charge >= 0.3 is 0 Å². The van der Waals surface area contributed by atoms with Crippen LogP contribution < -0.4 is 14.8 Å². The average Bonchev–Trinajstić information content (AvgIpc) is 3.15. The minimum Gasteiger partial charge on any atom is -0.494 e. The Morgan fingerprint density at radius 3 is 2.63 bits per heavy atom. The molecular weight excluding hydrogens is 429 g/mol. The van der Waals surface area contributed by atoms with Crippen LogP contribution in [0.25, 0.3) is 11.3 Å². The van der Waals surface area contributed by atoms with Crippen LogP contribution in [0.5, 0.6) is 5.75 Å². The number of carbonyl (C=O) groups is 1. The van der Waals surface area contributed by atoms with Gasteiger partial charge in [0.1, 0.15) is 0 Å². The third-order valence-corrected chi connectivity index (χ3v) is 6.38. The molecule has 158 valence electrons. The Hall–Kier alpha value is -2.82. The predicted octanol–water partition coefficient (Wildman–Crippen LogP) is 3.90. The first-order valence-electron chi connectivity index (χ1n) is 8.93. The fourth-order valence-electron chi connectivity index (χ4n) is 2.64. The molecule has 7 nitrogen and oxygen atoms in total. The number of carbonyl (C=O) groups excluding carboxylic acids is 1. The zero-order chi connectivity index (χ0) is 21.9. The number of anilines is 1. The van der Waals surface area contributed by atoms with E-state index in [-0.39, 0.29) is 22.3 Å². The lowest BCUT2D eigenvalue weighted by Crippen LogP contribution is -2.30. The minimum atomic E-state index is -3.72. The lowest BCUT2D eigenvalue weighted by atomic mass is 10.1. The number of rotatable bonds is 7. The molecule has 2 N–H and O–H groups in total. The van der Waals surface area contributed by atoms with E-state index in [0.29, 0.717) is 16.4 Å². The number of halogens is 1. The number of thiazole rings is 1. The third-order valence-electron chi connectivity index (χ3n) is 3.97. The molecule has 0 radical (unpaired) electrons. The van der Waals surface area contributed by atoms with Gasteiger partial charge in [-0.2, -0.15) is 0 Å². The van der Waals surface area contributed by atoms with Gasteiger partial charge < -0.3 is 4.74 Å². The molecule has 2 aromatic carbocycles. The van der Waals surface area contributed by atoms with Crippen LogP contribution in [0.2, 0.25) is 0 Å². The Labute approximate surface area is 178 Å². The van der Waals surface area contributed by atoms with Crippen molar-refractivity contribution in [1.29, 1.82) is 0 Å². The number of nitrogens with zero attached hydrogens (tertiary/aromatic N) is 1. The fraction of sp³-hybridized carbons (Fsp3) is 0.200. The van der Waals surface area contributed by atoms with Gasteiger partial charge in [-0.05, 0) is 50.2 Å². The van der Waals surface area contributed by atoms with Crippen LogP contribution in [0.3, 0.4) is 0 Å². The molecule has 3 rings (SSSR count). The zero-order valence-corrected chi connectivity index (χ0v) is 18.1. The highest BCUT2D eigenvalue weighted by Gasteiger charge is 2.18. The molecule has 0 fully saturated rings. The second-order valence-electron chi connectivity index (χ2n) is 6.65. The van der Waals surface area contributed by atoms with Gasteiger partial charge in [0.15, 0.2) is 16.7 Å². The summed E-state index contributed by atoms with van der Waals surface area (Å²) in [7, 11) is -2.34. The van der Waals surface area contributed by atoms with E-state index < -0.39 is 21.7 Å². The van der Waals surface area contributed by atoms with E-state index in [2.05, 4.69) is 15.0 Å². The number of ether oxygens (including phenoxy) is 1. The molecule has 0 saturated heterocycles. The standard InChI is InChI=1S/C20H20FN3O4S2/c1-12(2)24-30(26,27)15-6-4-5-14(9-15)19(25)23-20-22-17(11-29-20)13-7-8-18(28-3)16(21)10-13/h4-12,24H,1-3H3,(H,22,23,25). The quantitative estimate of drug-likeness (QED) is 0.570. The number of nitrogens with one attached hydrogen (secondary N) is 2. The Balaban J connectivity index is 1.78. The average molecular weight is 450 g/mol. The van der Waals surface area contributed by atoms with Gasteiger partial charge in [-0.3, -0.25) is 10.1 Å². The number of methoxy groups -OCH3 is 1. The van der Waals surface area contributed by atoms with E-state index in [9.17, 15) is 17.6 Å². The second kappa shape index (κ2) is 8.90. The maximum absolute atomic E-state index is 13.9. The van der Waals surface area contributed by atoms with E-state index >= 15 is 0 Å². The van der Waals surface area contributed by atoms with Crippen molar-refractivity contribution >= 4 is 32.4 Å². The van der Waals surface area contributed by atoms with Crippen LogP contribution in [0.1, 0.15) is 24.2 Å². The van der Waals surface area contributed by atoms with Gasteiger partial charge in [0.2, 0.25) is 10.0 Å². The van der Waals surface area contributed by atoms with Gasteiger partial charge in [0, 0.05) is 22.5 Å². The molecule has 0 saturated carbocycles. The molecule has 0 aliphatic heterocycles. The zero-order valence-electron chi connectivity index (χ0n) is 16.5. The Kier molecular flexibility index (Phi) is 6.49. The SMILES string of the molecule is COc1ccc(-c2csc(NC(=O)c3cccc(S(=O)(=O)NC(C)C)c3)n2)cc1F. The number of amides is 1. The van der Waals surface area contributed by atoms with Crippen LogP contribution in [0, 0.1) is 5.82 Å². The second-order valence-corrected chi connectivity index (χ2v) is 9.22. The maximum atomic E-state index is 13.9. The summed E-state index contributed by atoms with van der Waals surface area (Å²) in [5.74, 6) is -0.885. The first-order valence-corrected chi connectivity index (χ1v) is 11.3. The van der Waals surface area contributed by atoms with Crippen molar-refractivity contribution in [3.05, 3.63) is 59.2 Å². The van der Waals surface area contributed by atoms with Crippen LogP contribution >= 0.6 is 11.3 Å². The van der Waals surface area contributed by atoms with Crippen LogP contribution in [0.15, 0.2) is 52.7 Å². The highest BCUT2D eigenvalue weighted by atomic mass is 32.2. The Morgan fingerprint density at radius 1 is 1.20 bits per heavy atom. The van der Waals surface area contributed by atoms with E-state index in [4.69, 9.17) is 4.74 Å². The highest BCUT2D eigenvalue weighted by molar-refractivity contribution is 7.89. The summed E-state index contributed by atoms with van der Waals surface area (Å²) < 4.78 is 45.9. The summed E-state index contributed by atoms with van der Waals surface area (Å²) in [6, 6.07) is 9.92. The molecule has 30 heavy (non-hydrogen) atoms. The summed E-state index contributed by atoms with van der Waals surface area (Å²) in [6.07, 6.45) is 0. The van der Waals surface area contributed by atoms with Crippen LogP contribution in [0.4, 0.5) is 9.52 Å². The van der Waals surface area contributed by atoms with Crippen molar-refractivity contribution in [3.8, 4) is 17.0 Å². The normalized spacial score (nSPS) is 11.5. The number of hydrogen-bond acceptors (Lipinski definition) is 6. The molecule has 0 bridgehead atoms. The molecule has 0 aliphatic carbocycles. The van der Waals surface area contributed by atoms with Crippen molar-refractivity contribution in [1.82, 2.24) is 9.71 Å². The Morgan fingerprint density at radius 2 is 1.97 bits per heavy atom. The van der Waals surface area contributed by atoms with Crippen molar-refractivity contribution < 1.29 is 22.3 Å². The molecule has 1 amide bonds. The molecule has 0 unspecified atom stereocenters. The minimum absolute atomic E-state index is 0.00242. The molecule has 1 aromatic heterocycles. The number of hydrogen-bond donors (Lipinski definition) is 2. The smallest absolute Gasteiger partial charge is 0.257 e. The molecule has 10 heteroatoms. The number of aromatic nitrogens is 1. The van der Waals surface area contributed by atoms with Crippen LogP contribution in [-0.4, -0.2) is 32.5 Å². The molecule has 0 atom stereocenters. The van der Waals surface area contributed by atoms with E-state index in [1.54, 1.807) is 25.3 Å². The van der Waals surface area contributed by atoms with Crippen molar-refractivity contribution in [2.45, 2.75) is 24.8 Å². The monoisotopic (exact) mass is 449 g/mol. The van der Waals surface area contributed by atoms with Crippen molar-refractivity contribution in [3.63, 3.8) is 0 Å². The molecule has 1 heterocycles. The van der Waals surface area contributed by atoms with Gasteiger partial charge in [-0.15, -0.1) is 11.3 Å². The van der Waals surface area contributed by atoms with E-state index in [1.807, 2.05) is 0 Å². The van der Waals surface area contributed by atoms with E-state index in [0.717, 1.165) is 0 Å². The fourth-order valence-corrected chi connectivity index (χ4v) is 4.65. The first-order chi connectivity index (χ1) is 14.2. The largest absolute Gasteiger partial charge is 0.494 e. The summed E-state index contributed by atoms with van der Waals surface area (Å²) in [4.78, 5) is 16.9. The predicted molar refractivity (Wildman–Crippen MR) is 114 cm³/mol. The molecule has 0 spiro atoms. The van der Waals surface area contributed by atoms with Gasteiger partial charge in [-0.25, -0.2) is 22.5 Å². The number of benzene rings is 2. The highest BCUT2D eigenvalue weighted by Crippen LogP contribution is 2.28. The van der Waals surface area contributed by atoms with E-state index in [1.165, 1.54) is 54.8 Å². The first kappa shape index (κ1) is 21.9. The molecule has 3 aromatic rings. The lowest BCUT2D eigenvalue weighted by molar-refractivity contribution is 0.102. The third kappa shape index (κ3) is 5.02. The summed E-state index contributed by atoms with van der Waals surface area (Å²) in [5.41, 5.74) is 1.21. The van der Waals surface area contributed by atoms with Crippen LogP contribution in [-0.2, 0) is 10.0 Å². The summed E-state index contributed by atoms with van der Waals surface area (Å²) in [5, 5.41) is 4.63. The topological polar surface area (TPSA) is 97.4 Å². The van der Waals surface area contributed by atoms with Gasteiger partial charge in [-0.1, -0.05) is 6.07 Å². The maximum Gasteiger partial charge on any atom is 0.257 e. The van der Waals surface area contributed by atoms with Crippen molar-refractivity contribution in [2.75, 3.05) is 12.4 Å². The summed E-state index contributed by atoms with van der Waals surface area (Å²) >= 11 is 1.17. The molecular formula is C20H20FN3O4S2.